The highest BCUT2D eigenvalue weighted by Gasteiger charge is 2.41. The van der Waals surface area contributed by atoms with E-state index in [0.29, 0.717) is 4.90 Å². The molecule has 1 atom stereocenters. The van der Waals surface area contributed by atoms with E-state index in [1.807, 2.05) is 60.7 Å². The molecule has 0 radical (unpaired) electrons. The van der Waals surface area contributed by atoms with Crippen molar-refractivity contribution in [3.63, 3.8) is 0 Å². The van der Waals surface area contributed by atoms with Crippen LogP contribution in [0.2, 0.25) is 0 Å². The molecule has 3 aromatic rings. The smallest absolute Gasteiger partial charge is 0.235 e. The van der Waals surface area contributed by atoms with Gasteiger partial charge in [-0.2, -0.15) is 0 Å². The highest BCUT2D eigenvalue weighted by Crippen LogP contribution is 2.41. The number of ether oxygens (including phenoxy) is 1. The van der Waals surface area contributed by atoms with Gasteiger partial charge in [-0.15, -0.1) is 0 Å². The van der Waals surface area contributed by atoms with Gasteiger partial charge in [0.25, 0.3) is 0 Å². The standard InChI is InChI=1S/C26H27NO4S/c1-31-23-12-10-21(11-13-23)26(16-3-2-4-17-26)25(28)27-22-7-5-6-20(18-22)19-8-14-24(15-9-19)32(29)30/h5-15,18H,2-4,16-17H2,1H3,(H,27,28)(H,29,30). The number of anilines is 1. The van der Waals surface area contributed by atoms with Gasteiger partial charge >= 0.3 is 0 Å². The van der Waals surface area contributed by atoms with Crippen LogP contribution in [0.15, 0.2) is 77.7 Å². The average Bonchev–Trinajstić information content (AvgIpc) is 2.84. The van der Waals surface area contributed by atoms with E-state index in [1.54, 1.807) is 19.2 Å². The Hall–Kier alpha value is -2.96. The topological polar surface area (TPSA) is 75.6 Å². The second-order valence-corrected chi connectivity index (χ2v) is 9.15. The van der Waals surface area contributed by atoms with Crippen LogP contribution in [0.3, 0.4) is 0 Å². The first kappa shape index (κ1) is 22.2. The first-order valence-electron chi connectivity index (χ1n) is 10.8. The summed E-state index contributed by atoms with van der Waals surface area (Å²) in [6, 6.07) is 22.4. The number of hydrogen-bond acceptors (Lipinski definition) is 3. The third kappa shape index (κ3) is 4.61. The normalized spacial score (nSPS) is 16.2. The van der Waals surface area contributed by atoms with E-state index in [2.05, 4.69) is 5.32 Å². The van der Waals surface area contributed by atoms with Crippen molar-refractivity contribution >= 4 is 22.7 Å². The lowest BCUT2D eigenvalue weighted by molar-refractivity contribution is -0.122. The molecule has 2 N–H and O–H groups in total. The summed E-state index contributed by atoms with van der Waals surface area (Å²) in [4.78, 5) is 14.0. The van der Waals surface area contributed by atoms with Crippen LogP contribution < -0.4 is 10.1 Å². The van der Waals surface area contributed by atoms with Gasteiger partial charge in [0.05, 0.1) is 17.4 Å². The van der Waals surface area contributed by atoms with E-state index >= 15 is 0 Å². The molecule has 0 heterocycles. The van der Waals surface area contributed by atoms with E-state index < -0.39 is 16.5 Å². The maximum Gasteiger partial charge on any atom is 0.235 e. The molecule has 0 spiro atoms. The zero-order valence-corrected chi connectivity index (χ0v) is 18.9. The minimum absolute atomic E-state index is 0.0190. The van der Waals surface area contributed by atoms with Gasteiger partial charge < -0.3 is 14.6 Å². The number of methoxy groups -OCH3 is 1. The molecule has 0 saturated heterocycles. The number of nitrogens with one attached hydrogen (secondary N) is 1. The SMILES string of the molecule is COc1ccc(C2(C(=O)Nc3cccc(-c4ccc(S(=O)O)cc4)c3)CCCCC2)cc1. The quantitative estimate of drug-likeness (QED) is 0.468. The maximum atomic E-state index is 13.6. The van der Waals surface area contributed by atoms with Crippen LogP contribution >= 0.6 is 0 Å². The Balaban J connectivity index is 1.59. The summed E-state index contributed by atoms with van der Waals surface area (Å²) in [5.74, 6) is 0.800. The van der Waals surface area contributed by atoms with E-state index in [-0.39, 0.29) is 5.91 Å². The number of amides is 1. The largest absolute Gasteiger partial charge is 0.497 e. The third-order valence-electron chi connectivity index (χ3n) is 6.29. The summed E-state index contributed by atoms with van der Waals surface area (Å²) in [6.45, 7) is 0. The number of carbonyl (C=O) groups excluding carboxylic acids is 1. The predicted octanol–water partition coefficient (Wildman–Crippen LogP) is 5.78. The lowest BCUT2D eigenvalue weighted by Gasteiger charge is -2.36. The van der Waals surface area contributed by atoms with Crippen LogP contribution in [-0.2, 0) is 21.3 Å². The summed E-state index contributed by atoms with van der Waals surface area (Å²) in [7, 11) is 1.64. The van der Waals surface area contributed by atoms with Gasteiger partial charge in [0.1, 0.15) is 5.75 Å². The molecular weight excluding hydrogens is 422 g/mol. The minimum Gasteiger partial charge on any atom is -0.497 e. The summed E-state index contributed by atoms with van der Waals surface area (Å²) >= 11 is -2.00. The Morgan fingerprint density at radius 3 is 2.25 bits per heavy atom. The molecule has 4 rings (SSSR count). The van der Waals surface area contributed by atoms with Crippen molar-refractivity contribution in [3.05, 3.63) is 78.4 Å². The van der Waals surface area contributed by atoms with Crippen LogP contribution in [0, 0.1) is 0 Å². The van der Waals surface area contributed by atoms with Crippen molar-refractivity contribution in [1.82, 2.24) is 0 Å². The fraction of sp³-hybridized carbons (Fsp3) is 0.269. The molecular formula is C26H27NO4S. The lowest BCUT2D eigenvalue weighted by atomic mass is 9.68. The first-order chi connectivity index (χ1) is 15.5. The fourth-order valence-electron chi connectivity index (χ4n) is 4.50. The maximum absolute atomic E-state index is 13.6. The van der Waals surface area contributed by atoms with Crippen LogP contribution in [0.25, 0.3) is 11.1 Å². The molecule has 1 saturated carbocycles. The Morgan fingerprint density at radius 2 is 1.62 bits per heavy atom. The lowest BCUT2D eigenvalue weighted by Crippen LogP contribution is -2.42. The molecule has 166 valence electrons. The van der Waals surface area contributed by atoms with E-state index in [0.717, 1.165) is 60.2 Å². The molecule has 1 aliphatic carbocycles. The Labute approximate surface area is 191 Å². The van der Waals surface area contributed by atoms with Gasteiger partial charge in [0.15, 0.2) is 11.1 Å². The van der Waals surface area contributed by atoms with E-state index in [4.69, 9.17) is 4.74 Å². The summed E-state index contributed by atoms with van der Waals surface area (Å²) < 4.78 is 25.7. The molecule has 1 amide bonds. The Morgan fingerprint density at radius 1 is 0.938 bits per heavy atom. The van der Waals surface area contributed by atoms with Crippen molar-refractivity contribution in [3.8, 4) is 16.9 Å². The minimum atomic E-state index is -2.00. The van der Waals surface area contributed by atoms with Crippen LogP contribution in [0.4, 0.5) is 5.69 Å². The van der Waals surface area contributed by atoms with Gasteiger partial charge in [0, 0.05) is 5.69 Å². The second kappa shape index (κ2) is 9.67. The number of rotatable bonds is 6. The molecule has 1 unspecified atom stereocenters. The molecule has 5 nitrogen and oxygen atoms in total. The van der Waals surface area contributed by atoms with Gasteiger partial charge in [-0.25, -0.2) is 4.21 Å². The van der Waals surface area contributed by atoms with Gasteiger partial charge in [-0.1, -0.05) is 55.7 Å². The highest BCUT2D eigenvalue weighted by molar-refractivity contribution is 7.79. The van der Waals surface area contributed by atoms with Crippen LogP contribution in [0.1, 0.15) is 37.7 Å². The molecule has 3 aromatic carbocycles. The Bertz CT molecular complexity index is 1100. The fourth-order valence-corrected chi connectivity index (χ4v) is 4.87. The van der Waals surface area contributed by atoms with Crippen molar-refractivity contribution in [1.29, 1.82) is 0 Å². The second-order valence-electron chi connectivity index (χ2n) is 8.18. The number of benzene rings is 3. The van der Waals surface area contributed by atoms with Gasteiger partial charge in [-0.05, 0) is 65.9 Å². The van der Waals surface area contributed by atoms with E-state index in [1.165, 1.54) is 0 Å². The molecule has 1 aliphatic rings. The van der Waals surface area contributed by atoms with Crippen molar-refractivity contribution < 1.29 is 18.3 Å². The monoisotopic (exact) mass is 449 g/mol. The highest BCUT2D eigenvalue weighted by atomic mass is 32.2. The third-order valence-corrected chi connectivity index (χ3v) is 6.97. The van der Waals surface area contributed by atoms with Crippen molar-refractivity contribution in [2.75, 3.05) is 12.4 Å². The number of hydrogen-bond donors (Lipinski definition) is 2. The molecule has 0 aliphatic heterocycles. The van der Waals surface area contributed by atoms with Gasteiger partial charge in [-0.3, -0.25) is 4.79 Å². The summed E-state index contributed by atoms with van der Waals surface area (Å²) in [5.41, 5.74) is 3.06. The van der Waals surface area contributed by atoms with Crippen molar-refractivity contribution in [2.45, 2.75) is 42.4 Å². The zero-order chi connectivity index (χ0) is 22.6. The van der Waals surface area contributed by atoms with E-state index in [9.17, 15) is 13.6 Å². The molecule has 1 fully saturated rings. The summed E-state index contributed by atoms with van der Waals surface area (Å²) in [6.07, 6.45) is 4.85. The number of carbonyl (C=O) groups is 1. The average molecular weight is 450 g/mol. The molecule has 0 bridgehead atoms. The zero-order valence-electron chi connectivity index (χ0n) is 18.0. The van der Waals surface area contributed by atoms with Crippen molar-refractivity contribution in [2.24, 2.45) is 0 Å². The molecule has 0 aromatic heterocycles. The van der Waals surface area contributed by atoms with Crippen LogP contribution in [0.5, 0.6) is 5.75 Å². The first-order valence-corrected chi connectivity index (χ1v) is 11.9. The summed E-state index contributed by atoms with van der Waals surface area (Å²) in [5, 5.41) is 3.16. The Kier molecular flexibility index (Phi) is 6.72. The molecule has 6 heteroatoms. The molecule has 32 heavy (non-hydrogen) atoms. The predicted molar refractivity (Wildman–Crippen MR) is 127 cm³/mol. The van der Waals surface area contributed by atoms with Gasteiger partial charge in [0.2, 0.25) is 5.91 Å². The van der Waals surface area contributed by atoms with Crippen LogP contribution in [-0.4, -0.2) is 21.8 Å².